The zero-order valence-electron chi connectivity index (χ0n) is 10.5. The molecule has 0 aliphatic rings. The molecule has 0 amide bonds. The molecule has 0 fully saturated rings. The molecule has 4 nitrogen and oxygen atoms in total. The van der Waals surface area contributed by atoms with Gasteiger partial charge in [0, 0.05) is 6.54 Å². The van der Waals surface area contributed by atoms with Gasteiger partial charge in [0.2, 0.25) is 0 Å². The molecule has 0 heterocycles. The summed E-state index contributed by atoms with van der Waals surface area (Å²) in [5, 5.41) is 3.09. The van der Waals surface area contributed by atoms with Crippen molar-refractivity contribution in [3.63, 3.8) is 0 Å². The normalized spacial score (nSPS) is 11.9. The monoisotopic (exact) mass is 237 g/mol. The Kier molecular flexibility index (Phi) is 5.49. The van der Waals surface area contributed by atoms with E-state index in [0.29, 0.717) is 13.2 Å². The van der Waals surface area contributed by atoms with E-state index in [1.807, 2.05) is 31.2 Å². The maximum Gasteiger partial charge on any atom is 0.322 e. The molecule has 4 heteroatoms. The Labute approximate surface area is 102 Å². The third kappa shape index (κ3) is 4.44. The fourth-order valence-electron chi connectivity index (χ4n) is 1.40. The van der Waals surface area contributed by atoms with Gasteiger partial charge in [0.1, 0.15) is 11.8 Å². The predicted octanol–water partition coefficient (Wildman–Crippen LogP) is 1.74. The van der Waals surface area contributed by atoms with E-state index in [0.717, 1.165) is 11.3 Å². The standard InChI is InChI=1S/C13H19NO3/c1-4-17-12-7-5-11(6-8-12)9-14-10(2)13(15)16-3/h5-8,10,14H,4,9H2,1-3H3. The highest BCUT2D eigenvalue weighted by Crippen LogP contribution is 2.11. The van der Waals surface area contributed by atoms with Crippen molar-refractivity contribution in [3.05, 3.63) is 29.8 Å². The number of carbonyl (C=O) groups is 1. The molecular formula is C13H19NO3. The second kappa shape index (κ2) is 6.91. The number of rotatable bonds is 6. The molecule has 1 atom stereocenters. The Balaban J connectivity index is 2.44. The summed E-state index contributed by atoms with van der Waals surface area (Å²) < 4.78 is 9.98. The van der Waals surface area contributed by atoms with Crippen LogP contribution in [0.1, 0.15) is 19.4 Å². The molecule has 0 aromatic heterocycles. The lowest BCUT2D eigenvalue weighted by Gasteiger charge is -2.11. The van der Waals surface area contributed by atoms with Crippen LogP contribution in [0.3, 0.4) is 0 Å². The van der Waals surface area contributed by atoms with Gasteiger partial charge in [0.25, 0.3) is 0 Å². The molecule has 1 aromatic rings. The maximum absolute atomic E-state index is 11.2. The fourth-order valence-corrected chi connectivity index (χ4v) is 1.40. The first-order chi connectivity index (χ1) is 8.17. The quantitative estimate of drug-likeness (QED) is 0.765. The second-order valence-corrected chi connectivity index (χ2v) is 3.70. The third-order valence-electron chi connectivity index (χ3n) is 2.40. The minimum atomic E-state index is -0.299. The zero-order valence-corrected chi connectivity index (χ0v) is 10.5. The molecule has 1 unspecified atom stereocenters. The summed E-state index contributed by atoms with van der Waals surface area (Å²) in [4.78, 5) is 11.2. The Morgan fingerprint density at radius 1 is 1.35 bits per heavy atom. The van der Waals surface area contributed by atoms with E-state index < -0.39 is 0 Å². The summed E-state index contributed by atoms with van der Waals surface area (Å²) in [6.45, 7) is 5.02. The van der Waals surface area contributed by atoms with Crippen LogP contribution in [0, 0.1) is 0 Å². The van der Waals surface area contributed by atoms with Crippen molar-refractivity contribution in [3.8, 4) is 5.75 Å². The maximum atomic E-state index is 11.2. The van der Waals surface area contributed by atoms with Gasteiger partial charge < -0.3 is 14.8 Å². The van der Waals surface area contributed by atoms with Crippen molar-refractivity contribution >= 4 is 5.97 Å². The van der Waals surface area contributed by atoms with E-state index in [1.165, 1.54) is 7.11 Å². The molecule has 0 aliphatic carbocycles. The van der Waals surface area contributed by atoms with Gasteiger partial charge in [-0.2, -0.15) is 0 Å². The first-order valence-corrected chi connectivity index (χ1v) is 5.70. The summed E-state index contributed by atoms with van der Waals surface area (Å²) in [6.07, 6.45) is 0. The van der Waals surface area contributed by atoms with Crippen molar-refractivity contribution in [2.45, 2.75) is 26.4 Å². The van der Waals surface area contributed by atoms with Crippen molar-refractivity contribution < 1.29 is 14.3 Å². The fraction of sp³-hybridized carbons (Fsp3) is 0.462. The van der Waals surface area contributed by atoms with Gasteiger partial charge in [0.05, 0.1) is 13.7 Å². The predicted molar refractivity (Wildman–Crippen MR) is 65.9 cm³/mol. The average molecular weight is 237 g/mol. The topological polar surface area (TPSA) is 47.6 Å². The van der Waals surface area contributed by atoms with E-state index in [-0.39, 0.29) is 12.0 Å². The van der Waals surface area contributed by atoms with Crippen LogP contribution < -0.4 is 10.1 Å². The van der Waals surface area contributed by atoms with Crippen LogP contribution in [0.25, 0.3) is 0 Å². The van der Waals surface area contributed by atoms with E-state index in [2.05, 4.69) is 10.1 Å². The summed E-state index contributed by atoms with van der Waals surface area (Å²) >= 11 is 0. The van der Waals surface area contributed by atoms with Crippen molar-refractivity contribution in [2.24, 2.45) is 0 Å². The van der Waals surface area contributed by atoms with Gasteiger partial charge in [-0.25, -0.2) is 0 Å². The molecule has 17 heavy (non-hydrogen) atoms. The molecular weight excluding hydrogens is 218 g/mol. The molecule has 0 radical (unpaired) electrons. The number of hydrogen-bond acceptors (Lipinski definition) is 4. The van der Waals surface area contributed by atoms with E-state index >= 15 is 0 Å². The van der Waals surface area contributed by atoms with Crippen LogP contribution in [-0.4, -0.2) is 25.7 Å². The molecule has 0 bridgehead atoms. The van der Waals surface area contributed by atoms with Crippen LogP contribution in [0.5, 0.6) is 5.75 Å². The third-order valence-corrected chi connectivity index (χ3v) is 2.40. The Bertz CT molecular complexity index is 348. The van der Waals surface area contributed by atoms with Crippen molar-refractivity contribution in [2.75, 3.05) is 13.7 Å². The molecule has 0 saturated heterocycles. The minimum absolute atomic E-state index is 0.254. The van der Waals surface area contributed by atoms with Gasteiger partial charge >= 0.3 is 5.97 Å². The highest BCUT2D eigenvalue weighted by atomic mass is 16.5. The second-order valence-electron chi connectivity index (χ2n) is 3.70. The molecule has 1 aromatic carbocycles. The molecule has 1 N–H and O–H groups in total. The Morgan fingerprint density at radius 2 is 2.00 bits per heavy atom. The molecule has 1 rings (SSSR count). The van der Waals surface area contributed by atoms with Crippen LogP contribution >= 0.6 is 0 Å². The van der Waals surface area contributed by atoms with Gasteiger partial charge in [0.15, 0.2) is 0 Å². The van der Waals surface area contributed by atoms with Gasteiger partial charge in [-0.05, 0) is 31.5 Å². The zero-order chi connectivity index (χ0) is 12.7. The summed E-state index contributed by atoms with van der Waals surface area (Å²) in [7, 11) is 1.39. The molecule has 0 saturated carbocycles. The summed E-state index contributed by atoms with van der Waals surface area (Å²) in [6, 6.07) is 7.49. The minimum Gasteiger partial charge on any atom is -0.494 e. The van der Waals surface area contributed by atoms with Crippen molar-refractivity contribution in [1.82, 2.24) is 5.32 Å². The first kappa shape index (κ1) is 13.5. The number of ether oxygens (including phenoxy) is 2. The average Bonchev–Trinajstić information content (AvgIpc) is 2.37. The number of benzene rings is 1. The van der Waals surface area contributed by atoms with Crippen LogP contribution in [-0.2, 0) is 16.1 Å². The SMILES string of the molecule is CCOc1ccc(CNC(C)C(=O)OC)cc1. The first-order valence-electron chi connectivity index (χ1n) is 5.70. The van der Waals surface area contributed by atoms with E-state index in [4.69, 9.17) is 4.74 Å². The van der Waals surface area contributed by atoms with Crippen LogP contribution in [0.2, 0.25) is 0 Å². The van der Waals surface area contributed by atoms with Crippen LogP contribution in [0.15, 0.2) is 24.3 Å². The van der Waals surface area contributed by atoms with E-state index in [1.54, 1.807) is 6.92 Å². The van der Waals surface area contributed by atoms with Gasteiger partial charge in [-0.3, -0.25) is 4.79 Å². The lowest BCUT2D eigenvalue weighted by atomic mass is 10.2. The molecule has 0 aliphatic heterocycles. The number of hydrogen-bond donors (Lipinski definition) is 1. The number of carbonyl (C=O) groups excluding carboxylic acids is 1. The highest BCUT2D eigenvalue weighted by Gasteiger charge is 2.11. The van der Waals surface area contributed by atoms with Crippen LogP contribution in [0.4, 0.5) is 0 Å². The Morgan fingerprint density at radius 3 is 2.53 bits per heavy atom. The Hall–Kier alpha value is -1.55. The number of esters is 1. The lowest BCUT2D eigenvalue weighted by molar-refractivity contribution is -0.142. The van der Waals surface area contributed by atoms with Gasteiger partial charge in [-0.1, -0.05) is 12.1 Å². The molecule has 94 valence electrons. The largest absolute Gasteiger partial charge is 0.494 e. The number of methoxy groups -OCH3 is 1. The smallest absolute Gasteiger partial charge is 0.322 e. The summed E-state index contributed by atoms with van der Waals surface area (Å²) in [5.41, 5.74) is 1.10. The van der Waals surface area contributed by atoms with Crippen molar-refractivity contribution in [1.29, 1.82) is 0 Å². The van der Waals surface area contributed by atoms with E-state index in [9.17, 15) is 4.79 Å². The lowest BCUT2D eigenvalue weighted by Crippen LogP contribution is -2.34. The number of nitrogens with one attached hydrogen (secondary N) is 1. The summed E-state index contributed by atoms with van der Waals surface area (Å²) in [5.74, 6) is 0.605. The molecule has 0 spiro atoms. The van der Waals surface area contributed by atoms with Gasteiger partial charge in [-0.15, -0.1) is 0 Å². The highest BCUT2D eigenvalue weighted by molar-refractivity contribution is 5.75.